The van der Waals surface area contributed by atoms with Crippen molar-refractivity contribution >= 4 is 37.5 Å². The summed E-state index contributed by atoms with van der Waals surface area (Å²) in [5.74, 6) is -0.0258. The molecule has 96 valence electrons. The minimum absolute atomic E-state index is 0.0258. The lowest BCUT2D eigenvalue weighted by Crippen LogP contribution is -2.13. The first-order valence-electron chi connectivity index (χ1n) is 4.96. The zero-order valence-corrected chi connectivity index (χ0v) is 11.9. The number of nitrogens with two attached hydrogens (primary N) is 1. The summed E-state index contributed by atoms with van der Waals surface area (Å²) in [4.78, 5) is -0.0343. The fraction of sp³-hybridized carbons (Fsp3) is 0.100. The molecule has 0 atom stereocenters. The lowest BCUT2D eigenvalue weighted by molar-refractivity contribution is 0.601. The number of aryl methyl sites for hydroxylation is 1. The highest BCUT2D eigenvalue weighted by Gasteiger charge is 2.20. The van der Waals surface area contributed by atoms with Crippen molar-refractivity contribution in [2.24, 2.45) is 7.05 Å². The Labute approximate surface area is 113 Å². The maximum atomic E-state index is 12.1. The van der Waals surface area contributed by atoms with Crippen molar-refractivity contribution < 1.29 is 8.42 Å². The van der Waals surface area contributed by atoms with Gasteiger partial charge in [-0.3, -0.25) is 9.40 Å². The predicted molar refractivity (Wildman–Crippen MR) is 72.6 cm³/mol. The summed E-state index contributed by atoms with van der Waals surface area (Å²) in [6.45, 7) is 0. The van der Waals surface area contributed by atoms with Gasteiger partial charge in [0.1, 0.15) is 4.90 Å². The zero-order valence-electron chi connectivity index (χ0n) is 9.46. The van der Waals surface area contributed by atoms with E-state index in [9.17, 15) is 8.42 Å². The molecule has 1 aromatic carbocycles. The van der Waals surface area contributed by atoms with Gasteiger partial charge < -0.3 is 5.73 Å². The van der Waals surface area contributed by atoms with E-state index in [-0.39, 0.29) is 10.7 Å². The van der Waals surface area contributed by atoms with Gasteiger partial charge >= 0.3 is 0 Å². The number of nitrogens with zero attached hydrogens (tertiary/aromatic N) is 2. The van der Waals surface area contributed by atoms with Crippen LogP contribution in [0.15, 0.2) is 39.8 Å². The van der Waals surface area contributed by atoms with E-state index < -0.39 is 10.0 Å². The maximum Gasteiger partial charge on any atom is 0.267 e. The van der Waals surface area contributed by atoms with E-state index in [4.69, 9.17) is 5.73 Å². The topological polar surface area (TPSA) is 90.0 Å². The van der Waals surface area contributed by atoms with Gasteiger partial charge in [-0.1, -0.05) is 15.9 Å². The molecule has 0 aliphatic rings. The van der Waals surface area contributed by atoms with Gasteiger partial charge in [-0.05, 0) is 24.3 Å². The average molecular weight is 331 g/mol. The zero-order chi connectivity index (χ0) is 13.3. The Morgan fingerprint density at radius 3 is 2.44 bits per heavy atom. The van der Waals surface area contributed by atoms with E-state index in [0.29, 0.717) is 5.69 Å². The second-order valence-electron chi connectivity index (χ2n) is 3.66. The number of nitrogen functional groups attached to an aromatic ring is 1. The van der Waals surface area contributed by atoms with Crippen molar-refractivity contribution in [3.63, 3.8) is 0 Å². The first kappa shape index (κ1) is 12.9. The largest absolute Gasteiger partial charge is 0.381 e. The van der Waals surface area contributed by atoms with Gasteiger partial charge in [-0.25, -0.2) is 8.42 Å². The molecule has 0 saturated carbocycles. The molecule has 0 spiro atoms. The number of hydrogen-bond acceptors (Lipinski definition) is 4. The Bertz CT molecular complexity index is 664. The molecule has 0 radical (unpaired) electrons. The second-order valence-corrected chi connectivity index (χ2v) is 6.23. The van der Waals surface area contributed by atoms with Gasteiger partial charge in [-0.15, -0.1) is 0 Å². The molecule has 0 saturated heterocycles. The highest BCUT2D eigenvalue weighted by molar-refractivity contribution is 9.10. The third kappa shape index (κ3) is 2.65. The molecule has 3 N–H and O–H groups in total. The van der Waals surface area contributed by atoms with Gasteiger partial charge in [0, 0.05) is 23.4 Å². The summed E-state index contributed by atoms with van der Waals surface area (Å²) in [5, 5.41) is 3.80. The van der Waals surface area contributed by atoms with Crippen LogP contribution < -0.4 is 10.5 Å². The molecule has 2 rings (SSSR count). The van der Waals surface area contributed by atoms with Gasteiger partial charge in [0.15, 0.2) is 5.82 Å². The molecular weight excluding hydrogens is 320 g/mol. The molecule has 0 bridgehead atoms. The Morgan fingerprint density at radius 2 is 1.94 bits per heavy atom. The maximum absolute atomic E-state index is 12.1. The van der Waals surface area contributed by atoms with Crippen LogP contribution in [0.3, 0.4) is 0 Å². The van der Waals surface area contributed by atoms with Crippen molar-refractivity contribution in [1.82, 2.24) is 9.78 Å². The number of hydrogen-bond donors (Lipinski definition) is 2. The molecule has 0 amide bonds. The third-order valence-corrected chi connectivity index (χ3v) is 4.13. The second kappa shape index (κ2) is 4.62. The smallest absolute Gasteiger partial charge is 0.267 e. The van der Waals surface area contributed by atoms with Crippen LogP contribution in [0.1, 0.15) is 0 Å². The van der Waals surface area contributed by atoms with Crippen LogP contribution >= 0.6 is 15.9 Å². The fourth-order valence-electron chi connectivity index (χ4n) is 1.42. The standard InChI is InChI=1S/C10H11BrN4O2S/c1-15-6-9(10(12)13-15)18(16,17)14-8-4-2-7(11)3-5-8/h2-6,14H,1H3,(H2,12,13). The lowest BCUT2D eigenvalue weighted by atomic mass is 10.3. The molecule has 0 fully saturated rings. The molecule has 0 aliphatic heterocycles. The highest BCUT2D eigenvalue weighted by atomic mass is 79.9. The van der Waals surface area contributed by atoms with E-state index in [2.05, 4.69) is 25.8 Å². The quantitative estimate of drug-likeness (QED) is 0.893. The molecule has 1 heterocycles. The molecule has 1 aromatic heterocycles. The molecule has 0 aliphatic carbocycles. The van der Waals surface area contributed by atoms with Crippen LogP contribution in [-0.4, -0.2) is 18.2 Å². The summed E-state index contributed by atoms with van der Waals surface area (Å²) < 4.78 is 28.8. The monoisotopic (exact) mass is 330 g/mol. The van der Waals surface area contributed by atoms with E-state index in [1.54, 1.807) is 31.3 Å². The minimum Gasteiger partial charge on any atom is -0.381 e. The number of rotatable bonds is 3. The molecule has 2 aromatic rings. The minimum atomic E-state index is -3.71. The first-order chi connectivity index (χ1) is 8.38. The Kier molecular flexibility index (Phi) is 3.31. The summed E-state index contributed by atoms with van der Waals surface area (Å²) >= 11 is 3.27. The molecular formula is C10H11BrN4O2S. The molecule has 0 unspecified atom stereocenters. The summed E-state index contributed by atoms with van der Waals surface area (Å²) in [6.07, 6.45) is 1.36. The Hall–Kier alpha value is -1.54. The Balaban J connectivity index is 2.33. The van der Waals surface area contributed by atoms with Gasteiger partial charge in [0.05, 0.1) is 0 Å². The summed E-state index contributed by atoms with van der Waals surface area (Å²) in [6, 6.07) is 6.78. The summed E-state index contributed by atoms with van der Waals surface area (Å²) in [5.41, 5.74) is 6.01. The van der Waals surface area contributed by atoms with Crippen molar-refractivity contribution in [3.05, 3.63) is 34.9 Å². The highest BCUT2D eigenvalue weighted by Crippen LogP contribution is 2.21. The van der Waals surface area contributed by atoms with Gasteiger partial charge in [0.25, 0.3) is 10.0 Å². The van der Waals surface area contributed by atoms with Crippen LogP contribution in [0.5, 0.6) is 0 Å². The van der Waals surface area contributed by atoms with E-state index in [0.717, 1.165) is 4.47 Å². The third-order valence-electron chi connectivity index (χ3n) is 2.21. The van der Waals surface area contributed by atoms with Crippen molar-refractivity contribution in [2.45, 2.75) is 4.90 Å². The van der Waals surface area contributed by atoms with E-state index >= 15 is 0 Å². The fourth-order valence-corrected chi connectivity index (χ4v) is 2.85. The number of sulfonamides is 1. The van der Waals surface area contributed by atoms with Crippen molar-refractivity contribution in [2.75, 3.05) is 10.5 Å². The van der Waals surface area contributed by atoms with Crippen molar-refractivity contribution in [3.8, 4) is 0 Å². The Morgan fingerprint density at radius 1 is 1.33 bits per heavy atom. The molecule has 18 heavy (non-hydrogen) atoms. The van der Waals surface area contributed by atoms with E-state index in [1.165, 1.54) is 10.9 Å². The van der Waals surface area contributed by atoms with Crippen LogP contribution in [0.4, 0.5) is 11.5 Å². The van der Waals surface area contributed by atoms with Gasteiger partial charge in [-0.2, -0.15) is 5.10 Å². The average Bonchev–Trinajstić information content (AvgIpc) is 2.62. The van der Waals surface area contributed by atoms with Crippen LogP contribution in [0.2, 0.25) is 0 Å². The summed E-state index contributed by atoms with van der Waals surface area (Å²) in [7, 11) is -2.10. The van der Waals surface area contributed by atoms with Crippen molar-refractivity contribution in [1.29, 1.82) is 0 Å². The van der Waals surface area contributed by atoms with E-state index in [1.807, 2.05) is 0 Å². The number of anilines is 2. The predicted octanol–water partition coefficient (Wildman–Crippen LogP) is 1.57. The first-order valence-corrected chi connectivity index (χ1v) is 7.23. The van der Waals surface area contributed by atoms with Crippen LogP contribution in [-0.2, 0) is 17.1 Å². The molecule has 8 heteroatoms. The van der Waals surface area contributed by atoms with Crippen LogP contribution in [0, 0.1) is 0 Å². The van der Waals surface area contributed by atoms with Gasteiger partial charge in [0.2, 0.25) is 0 Å². The SMILES string of the molecule is Cn1cc(S(=O)(=O)Nc2ccc(Br)cc2)c(N)n1. The number of halogens is 1. The lowest BCUT2D eigenvalue weighted by Gasteiger charge is -2.06. The number of nitrogens with one attached hydrogen (secondary N) is 1. The number of aromatic nitrogens is 2. The van der Waals surface area contributed by atoms with Crippen LogP contribution in [0.25, 0.3) is 0 Å². The normalized spacial score (nSPS) is 11.4. The molecule has 6 nitrogen and oxygen atoms in total. The number of benzene rings is 1.